The highest BCUT2D eigenvalue weighted by molar-refractivity contribution is 8.01. The number of carbonyl (C=O) groups is 1. The van der Waals surface area contributed by atoms with Gasteiger partial charge in [0, 0.05) is 12.1 Å². The quantitative estimate of drug-likeness (QED) is 0.915. The van der Waals surface area contributed by atoms with Crippen LogP contribution >= 0.6 is 11.8 Å². The van der Waals surface area contributed by atoms with Gasteiger partial charge in [0.15, 0.2) is 0 Å². The first-order chi connectivity index (χ1) is 9.10. The molecule has 1 aliphatic rings. The fourth-order valence-electron chi connectivity index (χ4n) is 1.98. The molecule has 1 fully saturated rings. The van der Waals surface area contributed by atoms with Gasteiger partial charge in [0.25, 0.3) is 0 Å². The average molecular weight is 283 g/mol. The fourth-order valence-corrected chi connectivity index (χ4v) is 3.13. The molecule has 1 saturated heterocycles. The maximum absolute atomic E-state index is 11.6. The highest BCUT2D eigenvalue weighted by Gasteiger charge is 2.34. The van der Waals surface area contributed by atoms with Crippen LogP contribution in [0.15, 0.2) is 12.1 Å². The average Bonchev–Trinajstić information content (AvgIpc) is 2.76. The predicted octanol–water partition coefficient (Wildman–Crippen LogP) is 1.96. The van der Waals surface area contributed by atoms with Crippen molar-refractivity contribution in [2.24, 2.45) is 0 Å². The van der Waals surface area contributed by atoms with Crippen LogP contribution in [-0.4, -0.2) is 32.5 Å². The van der Waals surface area contributed by atoms with Gasteiger partial charge in [-0.25, -0.2) is 0 Å². The number of rotatable bonds is 4. The fraction of sp³-hybridized carbons (Fsp3) is 0.462. The molecule has 0 unspecified atom stereocenters. The predicted molar refractivity (Wildman–Crippen MR) is 74.0 cm³/mol. The van der Waals surface area contributed by atoms with Crippen molar-refractivity contribution in [1.29, 1.82) is 0 Å². The summed E-state index contributed by atoms with van der Waals surface area (Å²) in [7, 11) is 4.76. The zero-order valence-corrected chi connectivity index (χ0v) is 12.2. The van der Waals surface area contributed by atoms with Crippen molar-refractivity contribution in [3.63, 3.8) is 0 Å². The van der Waals surface area contributed by atoms with Gasteiger partial charge in [-0.3, -0.25) is 4.79 Å². The molecule has 0 radical (unpaired) electrons. The zero-order valence-electron chi connectivity index (χ0n) is 11.4. The molecule has 104 valence electrons. The van der Waals surface area contributed by atoms with Crippen LogP contribution in [0.25, 0.3) is 0 Å². The first kappa shape index (κ1) is 13.9. The van der Waals surface area contributed by atoms with Crippen molar-refractivity contribution < 1.29 is 19.0 Å². The number of methoxy groups -OCH3 is 3. The Kier molecular flexibility index (Phi) is 4.09. The van der Waals surface area contributed by atoms with Gasteiger partial charge in [-0.05, 0) is 6.92 Å². The molecule has 1 amide bonds. The van der Waals surface area contributed by atoms with Crippen LogP contribution in [0, 0.1) is 0 Å². The summed E-state index contributed by atoms with van der Waals surface area (Å²) in [6, 6.07) is 3.57. The Morgan fingerprint density at radius 1 is 1.11 bits per heavy atom. The van der Waals surface area contributed by atoms with E-state index in [4.69, 9.17) is 14.2 Å². The maximum Gasteiger partial charge on any atom is 0.234 e. The minimum absolute atomic E-state index is 0.0231. The molecule has 1 aromatic rings. The van der Waals surface area contributed by atoms with Gasteiger partial charge in [0.1, 0.15) is 22.6 Å². The lowest BCUT2D eigenvalue weighted by molar-refractivity contribution is -0.119. The van der Waals surface area contributed by atoms with Crippen molar-refractivity contribution in [3.8, 4) is 17.2 Å². The SMILES string of the molecule is COc1cc(OC)c([C@@H]2NC(=O)[C@@H](C)S2)c(OC)c1. The Balaban J connectivity index is 2.46. The summed E-state index contributed by atoms with van der Waals surface area (Å²) in [5, 5.41) is 2.68. The largest absolute Gasteiger partial charge is 0.496 e. The molecule has 19 heavy (non-hydrogen) atoms. The van der Waals surface area contributed by atoms with Gasteiger partial charge >= 0.3 is 0 Å². The number of benzene rings is 1. The van der Waals surface area contributed by atoms with Crippen LogP contribution in [0.2, 0.25) is 0 Å². The summed E-state index contributed by atoms with van der Waals surface area (Å²) < 4.78 is 16.0. The highest BCUT2D eigenvalue weighted by atomic mass is 32.2. The van der Waals surface area contributed by atoms with Crippen molar-refractivity contribution in [2.45, 2.75) is 17.5 Å². The summed E-state index contributed by atoms with van der Waals surface area (Å²) in [5.74, 6) is 1.96. The Morgan fingerprint density at radius 3 is 2.05 bits per heavy atom. The smallest absolute Gasteiger partial charge is 0.234 e. The molecule has 0 bridgehead atoms. The van der Waals surface area contributed by atoms with E-state index < -0.39 is 0 Å². The van der Waals surface area contributed by atoms with E-state index in [0.717, 1.165) is 5.56 Å². The number of thioether (sulfide) groups is 1. The Hall–Kier alpha value is -1.56. The van der Waals surface area contributed by atoms with E-state index in [1.165, 1.54) is 11.8 Å². The molecule has 5 nitrogen and oxygen atoms in total. The molecule has 0 spiro atoms. The van der Waals surface area contributed by atoms with E-state index in [0.29, 0.717) is 17.2 Å². The van der Waals surface area contributed by atoms with Gasteiger partial charge in [-0.15, -0.1) is 11.8 Å². The lowest BCUT2D eigenvalue weighted by atomic mass is 10.1. The monoisotopic (exact) mass is 283 g/mol. The van der Waals surface area contributed by atoms with Crippen LogP contribution < -0.4 is 19.5 Å². The zero-order chi connectivity index (χ0) is 14.0. The third-order valence-electron chi connectivity index (χ3n) is 3.00. The van der Waals surface area contributed by atoms with Crippen LogP contribution in [0.5, 0.6) is 17.2 Å². The van der Waals surface area contributed by atoms with Crippen LogP contribution in [0.4, 0.5) is 0 Å². The van der Waals surface area contributed by atoms with Gasteiger partial charge < -0.3 is 19.5 Å². The normalized spacial score (nSPS) is 22.0. The molecule has 1 heterocycles. The first-order valence-electron chi connectivity index (χ1n) is 5.86. The number of carbonyl (C=O) groups excluding carboxylic acids is 1. The number of hydrogen-bond donors (Lipinski definition) is 1. The Bertz CT molecular complexity index is 467. The Labute approximate surface area is 116 Å². The number of amides is 1. The van der Waals surface area contributed by atoms with Crippen LogP contribution in [-0.2, 0) is 4.79 Å². The molecule has 2 rings (SSSR count). The van der Waals surface area contributed by atoms with E-state index in [2.05, 4.69) is 5.32 Å². The highest BCUT2D eigenvalue weighted by Crippen LogP contribution is 2.45. The number of nitrogens with one attached hydrogen (secondary N) is 1. The third kappa shape index (κ3) is 2.58. The Morgan fingerprint density at radius 2 is 1.68 bits per heavy atom. The summed E-state index contributed by atoms with van der Waals surface area (Å²) >= 11 is 1.54. The second-order valence-corrected chi connectivity index (χ2v) is 5.56. The van der Waals surface area contributed by atoms with E-state index in [9.17, 15) is 4.79 Å². The van der Waals surface area contributed by atoms with E-state index in [1.54, 1.807) is 33.5 Å². The van der Waals surface area contributed by atoms with Crippen molar-refractivity contribution >= 4 is 17.7 Å². The lowest BCUT2D eigenvalue weighted by Crippen LogP contribution is -2.22. The molecular weight excluding hydrogens is 266 g/mol. The molecule has 0 aliphatic carbocycles. The topological polar surface area (TPSA) is 56.8 Å². The molecule has 0 saturated carbocycles. The number of hydrogen-bond acceptors (Lipinski definition) is 5. The molecule has 1 aliphatic heterocycles. The van der Waals surface area contributed by atoms with Crippen molar-refractivity contribution in [1.82, 2.24) is 5.32 Å². The molecule has 2 atom stereocenters. The second kappa shape index (κ2) is 5.61. The molecule has 1 N–H and O–H groups in total. The molecule has 1 aromatic carbocycles. The first-order valence-corrected chi connectivity index (χ1v) is 6.80. The van der Waals surface area contributed by atoms with Gasteiger partial charge in [0.05, 0.1) is 32.1 Å². The van der Waals surface area contributed by atoms with E-state index in [-0.39, 0.29) is 16.5 Å². The van der Waals surface area contributed by atoms with E-state index >= 15 is 0 Å². The van der Waals surface area contributed by atoms with Gasteiger partial charge in [-0.1, -0.05) is 0 Å². The third-order valence-corrected chi connectivity index (χ3v) is 4.25. The maximum atomic E-state index is 11.6. The summed E-state index contributed by atoms with van der Waals surface area (Å²) in [4.78, 5) is 11.6. The number of ether oxygens (including phenoxy) is 3. The summed E-state index contributed by atoms with van der Waals surface area (Å²) in [5.41, 5.74) is 0.827. The minimum Gasteiger partial charge on any atom is -0.496 e. The molecular formula is C13H17NO4S. The van der Waals surface area contributed by atoms with Crippen molar-refractivity contribution in [3.05, 3.63) is 17.7 Å². The van der Waals surface area contributed by atoms with Gasteiger partial charge in [0.2, 0.25) is 5.91 Å². The standard InChI is InChI=1S/C13H17NO4S/c1-7-12(15)14-13(19-7)11-9(17-3)5-8(16-2)6-10(11)18-4/h5-7,13H,1-4H3,(H,14,15)/t7-,13-/m1/s1. The summed E-state index contributed by atoms with van der Waals surface area (Å²) in [6.07, 6.45) is 0. The molecule has 6 heteroatoms. The lowest BCUT2D eigenvalue weighted by Gasteiger charge is -2.19. The second-order valence-electron chi connectivity index (χ2n) is 4.11. The molecule has 0 aromatic heterocycles. The van der Waals surface area contributed by atoms with Crippen molar-refractivity contribution in [2.75, 3.05) is 21.3 Å². The van der Waals surface area contributed by atoms with Gasteiger partial charge in [-0.2, -0.15) is 0 Å². The minimum atomic E-state index is -0.168. The van der Waals surface area contributed by atoms with Crippen LogP contribution in [0.1, 0.15) is 17.9 Å². The van der Waals surface area contributed by atoms with E-state index in [1.807, 2.05) is 6.92 Å². The van der Waals surface area contributed by atoms with Crippen LogP contribution in [0.3, 0.4) is 0 Å². The summed E-state index contributed by atoms with van der Waals surface area (Å²) in [6.45, 7) is 1.88.